The summed E-state index contributed by atoms with van der Waals surface area (Å²) in [7, 11) is 0. The van der Waals surface area contributed by atoms with Crippen LogP contribution in [0.4, 0.5) is 0 Å². The SMILES string of the molecule is CC(C)(CC(=O)O)CC(=O)NCCCOCCO. The van der Waals surface area contributed by atoms with Crippen molar-refractivity contribution >= 4 is 11.9 Å². The van der Waals surface area contributed by atoms with Crippen LogP contribution in [0.5, 0.6) is 0 Å². The number of carboxylic acids is 1. The number of carbonyl (C=O) groups is 2. The predicted molar refractivity (Wildman–Crippen MR) is 66.2 cm³/mol. The Balaban J connectivity index is 3.67. The zero-order valence-corrected chi connectivity index (χ0v) is 11.1. The van der Waals surface area contributed by atoms with Crippen molar-refractivity contribution in [2.45, 2.75) is 33.1 Å². The summed E-state index contributed by atoms with van der Waals surface area (Å²) in [6.07, 6.45) is 0.835. The Bertz CT molecular complexity index is 265. The largest absolute Gasteiger partial charge is 0.481 e. The Morgan fingerprint density at radius 1 is 1.22 bits per heavy atom. The van der Waals surface area contributed by atoms with E-state index in [1.54, 1.807) is 13.8 Å². The predicted octanol–water partition coefficient (Wildman–Crippen LogP) is 0.393. The molecule has 0 saturated carbocycles. The normalized spacial score (nSPS) is 11.3. The molecule has 0 fully saturated rings. The van der Waals surface area contributed by atoms with Crippen LogP contribution in [-0.4, -0.2) is 48.5 Å². The number of hydrogen-bond acceptors (Lipinski definition) is 4. The number of carboxylic acid groups (broad SMARTS) is 1. The number of ether oxygens (including phenoxy) is 1. The molecule has 0 bridgehead atoms. The molecule has 0 aliphatic heterocycles. The number of aliphatic carboxylic acids is 1. The molecule has 0 unspecified atom stereocenters. The monoisotopic (exact) mass is 261 g/mol. The zero-order valence-electron chi connectivity index (χ0n) is 11.1. The van der Waals surface area contributed by atoms with Crippen LogP contribution in [0.15, 0.2) is 0 Å². The molecule has 0 spiro atoms. The molecule has 0 aliphatic rings. The van der Waals surface area contributed by atoms with Crippen molar-refractivity contribution in [3.8, 4) is 0 Å². The van der Waals surface area contributed by atoms with Crippen molar-refractivity contribution in [2.24, 2.45) is 5.41 Å². The van der Waals surface area contributed by atoms with Gasteiger partial charge in [0.25, 0.3) is 0 Å². The number of amides is 1. The van der Waals surface area contributed by atoms with Gasteiger partial charge in [-0.15, -0.1) is 0 Å². The lowest BCUT2D eigenvalue weighted by Crippen LogP contribution is -2.31. The van der Waals surface area contributed by atoms with Gasteiger partial charge in [0, 0.05) is 19.6 Å². The Morgan fingerprint density at radius 3 is 2.44 bits per heavy atom. The number of rotatable bonds is 10. The van der Waals surface area contributed by atoms with E-state index in [2.05, 4.69) is 5.32 Å². The first kappa shape index (κ1) is 16.9. The van der Waals surface area contributed by atoms with E-state index in [1.165, 1.54) is 0 Å². The molecule has 0 aromatic rings. The van der Waals surface area contributed by atoms with Crippen molar-refractivity contribution < 1.29 is 24.5 Å². The van der Waals surface area contributed by atoms with Crippen molar-refractivity contribution in [3.05, 3.63) is 0 Å². The van der Waals surface area contributed by atoms with Gasteiger partial charge in [-0.25, -0.2) is 0 Å². The lowest BCUT2D eigenvalue weighted by Gasteiger charge is -2.21. The number of nitrogens with one attached hydrogen (secondary N) is 1. The second kappa shape index (κ2) is 8.88. The molecule has 0 saturated heterocycles. The van der Waals surface area contributed by atoms with Crippen molar-refractivity contribution in [1.82, 2.24) is 5.32 Å². The second-order valence-corrected chi connectivity index (χ2v) is 4.95. The van der Waals surface area contributed by atoms with Gasteiger partial charge in [0.1, 0.15) is 0 Å². The number of aliphatic hydroxyl groups excluding tert-OH is 1. The van der Waals surface area contributed by atoms with Gasteiger partial charge in [0.2, 0.25) is 5.91 Å². The van der Waals surface area contributed by atoms with Gasteiger partial charge in [-0.05, 0) is 11.8 Å². The summed E-state index contributed by atoms with van der Waals surface area (Å²) in [5.41, 5.74) is -0.538. The molecule has 18 heavy (non-hydrogen) atoms. The Kier molecular flexibility index (Phi) is 8.32. The summed E-state index contributed by atoms with van der Waals surface area (Å²) in [6.45, 7) is 4.79. The summed E-state index contributed by atoms with van der Waals surface area (Å²) in [6, 6.07) is 0. The summed E-state index contributed by atoms with van der Waals surface area (Å²) < 4.78 is 5.04. The summed E-state index contributed by atoms with van der Waals surface area (Å²) in [5, 5.41) is 19.9. The maximum atomic E-state index is 11.5. The molecule has 0 radical (unpaired) electrons. The quantitative estimate of drug-likeness (QED) is 0.494. The highest BCUT2D eigenvalue weighted by atomic mass is 16.5. The molecular formula is C12H23NO5. The van der Waals surface area contributed by atoms with Crippen LogP contribution in [0.2, 0.25) is 0 Å². The molecule has 6 nitrogen and oxygen atoms in total. The highest BCUT2D eigenvalue weighted by Gasteiger charge is 2.24. The van der Waals surface area contributed by atoms with Crippen LogP contribution in [0.3, 0.4) is 0 Å². The van der Waals surface area contributed by atoms with Gasteiger partial charge in [-0.3, -0.25) is 9.59 Å². The van der Waals surface area contributed by atoms with E-state index >= 15 is 0 Å². The molecule has 0 aromatic heterocycles. The Hall–Kier alpha value is -1.14. The maximum absolute atomic E-state index is 11.5. The minimum atomic E-state index is -0.898. The third-order valence-corrected chi connectivity index (χ3v) is 2.29. The molecule has 0 heterocycles. The van der Waals surface area contributed by atoms with Gasteiger partial charge in [0.15, 0.2) is 0 Å². The summed E-state index contributed by atoms with van der Waals surface area (Å²) in [5.74, 6) is -1.05. The molecule has 0 atom stereocenters. The fraction of sp³-hybridized carbons (Fsp3) is 0.833. The standard InChI is InChI=1S/C12H23NO5/c1-12(2,9-11(16)17)8-10(15)13-4-3-6-18-7-5-14/h14H,3-9H2,1-2H3,(H,13,15)(H,16,17). The van der Waals surface area contributed by atoms with E-state index in [1.807, 2.05) is 0 Å². The van der Waals surface area contributed by atoms with E-state index in [0.29, 0.717) is 26.2 Å². The molecule has 0 aromatic carbocycles. The third-order valence-electron chi connectivity index (χ3n) is 2.29. The summed E-state index contributed by atoms with van der Waals surface area (Å²) in [4.78, 5) is 22.1. The van der Waals surface area contributed by atoms with Gasteiger partial charge in [-0.2, -0.15) is 0 Å². The van der Waals surface area contributed by atoms with Crippen LogP contribution in [0.25, 0.3) is 0 Å². The van der Waals surface area contributed by atoms with Crippen LogP contribution in [0.1, 0.15) is 33.1 Å². The third kappa shape index (κ3) is 10.0. The molecule has 3 N–H and O–H groups in total. The minimum Gasteiger partial charge on any atom is -0.481 e. The second-order valence-electron chi connectivity index (χ2n) is 4.95. The molecule has 0 aliphatic carbocycles. The number of aliphatic hydroxyl groups is 1. The Labute approximate surface area is 107 Å². The van der Waals surface area contributed by atoms with Crippen LogP contribution >= 0.6 is 0 Å². The lowest BCUT2D eigenvalue weighted by atomic mass is 9.85. The van der Waals surface area contributed by atoms with Crippen LogP contribution < -0.4 is 5.32 Å². The van der Waals surface area contributed by atoms with E-state index in [9.17, 15) is 9.59 Å². The van der Waals surface area contributed by atoms with Gasteiger partial charge in [0.05, 0.1) is 19.6 Å². The maximum Gasteiger partial charge on any atom is 0.303 e. The minimum absolute atomic E-state index is 0.00423. The molecular weight excluding hydrogens is 238 g/mol. The molecule has 0 rings (SSSR count). The topological polar surface area (TPSA) is 95.9 Å². The van der Waals surface area contributed by atoms with E-state index in [4.69, 9.17) is 14.9 Å². The molecule has 6 heteroatoms. The average molecular weight is 261 g/mol. The first-order valence-corrected chi connectivity index (χ1v) is 6.04. The van der Waals surface area contributed by atoms with Crippen LogP contribution in [-0.2, 0) is 14.3 Å². The highest BCUT2D eigenvalue weighted by Crippen LogP contribution is 2.24. The fourth-order valence-corrected chi connectivity index (χ4v) is 1.54. The first-order chi connectivity index (χ1) is 8.37. The highest BCUT2D eigenvalue weighted by molar-refractivity contribution is 5.77. The lowest BCUT2D eigenvalue weighted by molar-refractivity contribution is -0.139. The molecule has 106 valence electrons. The number of carbonyl (C=O) groups excluding carboxylic acids is 1. The van der Waals surface area contributed by atoms with Crippen LogP contribution in [0, 0.1) is 5.41 Å². The van der Waals surface area contributed by atoms with E-state index in [-0.39, 0.29) is 25.4 Å². The smallest absolute Gasteiger partial charge is 0.303 e. The zero-order chi connectivity index (χ0) is 14.0. The Morgan fingerprint density at radius 2 is 1.89 bits per heavy atom. The van der Waals surface area contributed by atoms with Gasteiger partial charge in [-0.1, -0.05) is 13.8 Å². The van der Waals surface area contributed by atoms with E-state index < -0.39 is 11.4 Å². The summed E-state index contributed by atoms with van der Waals surface area (Å²) >= 11 is 0. The fourth-order valence-electron chi connectivity index (χ4n) is 1.54. The average Bonchev–Trinajstić information content (AvgIpc) is 2.20. The number of hydrogen-bond donors (Lipinski definition) is 3. The van der Waals surface area contributed by atoms with Crippen molar-refractivity contribution in [3.63, 3.8) is 0 Å². The van der Waals surface area contributed by atoms with Crippen molar-refractivity contribution in [2.75, 3.05) is 26.4 Å². The van der Waals surface area contributed by atoms with E-state index in [0.717, 1.165) is 0 Å². The van der Waals surface area contributed by atoms with Crippen molar-refractivity contribution in [1.29, 1.82) is 0 Å². The first-order valence-electron chi connectivity index (χ1n) is 6.04. The van der Waals surface area contributed by atoms with Gasteiger partial charge < -0.3 is 20.3 Å². The molecule has 1 amide bonds. The van der Waals surface area contributed by atoms with Gasteiger partial charge >= 0.3 is 5.97 Å².